The van der Waals surface area contributed by atoms with Crippen molar-refractivity contribution < 1.29 is 15.0 Å². The molecule has 0 heterocycles. The van der Waals surface area contributed by atoms with Gasteiger partial charge in [-0.05, 0) is 109 Å². The molecule has 0 bridgehead atoms. The van der Waals surface area contributed by atoms with E-state index in [9.17, 15) is 15.0 Å². The summed E-state index contributed by atoms with van der Waals surface area (Å²) in [4.78, 5) is 14.5. The lowest BCUT2D eigenvalue weighted by Gasteiger charge is -2.55. The van der Waals surface area contributed by atoms with Crippen molar-refractivity contribution in [2.75, 3.05) is 25.6 Å². The molecule has 4 aliphatic rings. The molecule has 2 fully saturated rings. The fraction of sp³-hybridized carbons (Fsp3) is 0.514. The lowest BCUT2D eigenvalue weighted by atomic mass is 9.51. The number of fused-ring (bicyclic) bond motifs is 4. The molecule has 2 saturated carbocycles. The number of hydrogen-bond acceptors (Lipinski definition) is 4. The lowest BCUT2D eigenvalue weighted by Crippen LogP contribution is -2.51. The summed E-state index contributed by atoms with van der Waals surface area (Å²) in [6, 6.07) is 17.8. The maximum atomic E-state index is 12.3. The minimum atomic E-state index is -0.736. The molecule has 39 heavy (non-hydrogen) atoms. The minimum Gasteiger partial charge on any atom is -0.396 e. The third-order valence-electron chi connectivity index (χ3n) is 10.8. The maximum Gasteiger partial charge on any atom is 0.156 e. The van der Waals surface area contributed by atoms with Gasteiger partial charge in [-0.25, -0.2) is 0 Å². The first-order chi connectivity index (χ1) is 18.7. The van der Waals surface area contributed by atoms with E-state index in [1.165, 1.54) is 33.5 Å². The number of ketones is 1. The monoisotopic (exact) mass is 525 g/mol. The van der Waals surface area contributed by atoms with Gasteiger partial charge in [0.15, 0.2) is 5.78 Å². The molecule has 4 nitrogen and oxygen atoms in total. The van der Waals surface area contributed by atoms with Gasteiger partial charge in [-0.3, -0.25) is 4.79 Å². The normalized spacial score (nSPS) is 31.9. The van der Waals surface area contributed by atoms with E-state index in [2.05, 4.69) is 74.4 Å². The molecule has 4 aliphatic carbocycles. The molecule has 0 aromatic heterocycles. The summed E-state index contributed by atoms with van der Waals surface area (Å²) in [5.74, 6) is 1.42. The smallest absolute Gasteiger partial charge is 0.156 e. The highest BCUT2D eigenvalue weighted by Crippen LogP contribution is 2.67. The first-order valence-corrected chi connectivity index (χ1v) is 14.9. The fourth-order valence-corrected chi connectivity index (χ4v) is 8.71. The molecular weight excluding hydrogens is 482 g/mol. The van der Waals surface area contributed by atoms with Gasteiger partial charge in [-0.2, -0.15) is 0 Å². The second-order valence-electron chi connectivity index (χ2n) is 13.0. The largest absolute Gasteiger partial charge is 0.396 e. The van der Waals surface area contributed by atoms with E-state index in [-0.39, 0.29) is 23.7 Å². The average molecular weight is 526 g/mol. The number of nitrogens with zero attached hydrogens (tertiary/aromatic N) is 1. The number of aliphatic hydroxyl groups excluding tert-OH is 1. The van der Waals surface area contributed by atoms with Crippen LogP contribution in [0.2, 0.25) is 0 Å². The number of carbonyl (C=O) groups excluding carboxylic acids is 1. The highest BCUT2D eigenvalue weighted by atomic mass is 16.3. The van der Waals surface area contributed by atoms with Crippen molar-refractivity contribution in [1.29, 1.82) is 0 Å². The summed E-state index contributed by atoms with van der Waals surface area (Å²) < 4.78 is 0. The van der Waals surface area contributed by atoms with Gasteiger partial charge < -0.3 is 15.1 Å². The second-order valence-corrected chi connectivity index (χ2v) is 13.0. The first-order valence-electron chi connectivity index (χ1n) is 14.9. The summed E-state index contributed by atoms with van der Waals surface area (Å²) in [6.07, 6.45) is 9.57. The predicted molar refractivity (Wildman–Crippen MR) is 158 cm³/mol. The summed E-state index contributed by atoms with van der Waals surface area (Å²) in [6.45, 7) is 2.47. The number of allylic oxidation sites excluding steroid dienone is 4. The highest BCUT2D eigenvalue weighted by molar-refractivity contribution is 5.93. The molecule has 0 saturated heterocycles. The van der Waals surface area contributed by atoms with Crippen LogP contribution in [0.3, 0.4) is 0 Å². The van der Waals surface area contributed by atoms with Gasteiger partial charge in [0, 0.05) is 44.1 Å². The Kier molecular flexibility index (Phi) is 6.84. The Morgan fingerprint density at radius 3 is 2.54 bits per heavy atom. The molecule has 0 amide bonds. The number of anilines is 1. The molecule has 0 radical (unpaired) electrons. The van der Waals surface area contributed by atoms with Crippen LogP contribution in [-0.4, -0.2) is 42.3 Å². The third-order valence-corrected chi connectivity index (χ3v) is 10.8. The predicted octanol–water partition coefficient (Wildman–Crippen LogP) is 6.82. The molecule has 0 spiro atoms. The Labute approximate surface area is 233 Å². The molecule has 6 rings (SSSR count). The first kappa shape index (κ1) is 26.5. The zero-order valence-electron chi connectivity index (χ0n) is 23.7. The van der Waals surface area contributed by atoms with Gasteiger partial charge in [-0.1, -0.05) is 48.9 Å². The SMILES string of the molecule is CN(C)c1cccc(-c2ccc([C@H]3C[C@]4(C)[C@@H](CC[C@@]4(O)CCCO)[C@@H]4CCC5=CC(=O)CCC5=C43)cc2)c1. The van der Waals surface area contributed by atoms with E-state index in [4.69, 9.17) is 0 Å². The van der Waals surface area contributed by atoms with Crippen LogP contribution in [0.15, 0.2) is 71.3 Å². The van der Waals surface area contributed by atoms with Gasteiger partial charge in [-0.15, -0.1) is 0 Å². The van der Waals surface area contributed by atoms with Gasteiger partial charge in [0.2, 0.25) is 0 Å². The van der Waals surface area contributed by atoms with Crippen LogP contribution in [0.25, 0.3) is 11.1 Å². The van der Waals surface area contributed by atoms with Crippen LogP contribution in [0, 0.1) is 17.3 Å². The van der Waals surface area contributed by atoms with Crippen LogP contribution >= 0.6 is 0 Å². The molecule has 0 unspecified atom stereocenters. The van der Waals surface area contributed by atoms with E-state index >= 15 is 0 Å². The Hall–Kier alpha value is -2.69. The van der Waals surface area contributed by atoms with Crippen LogP contribution in [0.5, 0.6) is 0 Å². The van der Waals surface area contributed by atoms with Crippen molar-refractivity contribution in [3.8, 4) is 11.1 Å². The van der Waals surface area contributed by atoms with Gasteiger partial charge in [0.05, 0.1) is 5.60 Å². The topological polar surface area (TPSA) is 60.8 Å². The molecule has 2 N–H and O–H groups in total. The van der Waals surface area contributed by atoms with Crippen LogP contribution in [0.4, 0.5) is 5.69 Å². The van der Waals surface area contributed by atoms with Crippen molar-refractivity contribution in [1.82, 2.24) is 0 Å². The second kappa shape index (κ2) is 10.1. The molecular formula is C35H43NO3. The Balaban J connectivity index is 1.43. The number of benzene rings is 2. The Bertz CT molecular complexity index is 1320. The number of aliphatic hydroxyl groups is 2. The zero-order chi connectivity index (χ0) is 27.4. The van der Waals surface area contributed by atoms with E-state index < -0.39 is 5.60 Å². The number of rotatable bonds is 6. The molecule has 4 heteroatoms. The molecule has 206 valence electrons. The van der Waals surface area contributed by atoms with Crippen LogP contribution < -0.4 is 4.90 Å². The molecule has 0 aliphatic heterocycles. The van der Waals surface area contributed by atoms with Gasteiger partial charge in [0.25, 0.3) is 0 Å². The lowest BCUT2D eigenvalue weighted by molar-refractivity contribution is -0.114. The van der Waals surface area contributed by atoms with Crippen LogP contribution in [-0.2, 0) is 4.79 Å². The van der Waals surface area contributed by atoms with Crippen molar-refractivity contribution >= 4 is 11.5 Å². The van der Waals surface area contributed by atoms with Gasteiger partial charge in [0.1, 0.15) is 0 Å². The molecule has 2 aromatic carbocycles. The molecule has 5 atom stereocenters. The zero-order valence-corrected chi connectivity index (χ0v) is 23.7. The summed E-state index contributed by atoms with van der Waals surface area (Å²) >= 11 is 0. The van der Waals surface area contributed by atoms with Crippen molar-refractivity contribution in [2.24, 2.45) is 17.3 Å². The quantitative estimate of drug-likeness (QED) is 0.434. The number of hydrogen-bond donors (Lipinski definition) is 2. The standard InChI is InChI=1S/C35H43NO3/c1-34-22-31(24-10-8-23(9-11-24)25-6-4-7-27(20-25)36(2)3)33-29-15-13-28(38)21-26(29)12-14-30(33)32(34)16-18-35(34,39)17-5-19-37/h4,6-11,20-21,30-32,37,39H,5,12-19,22H2,1-3H3/t30-,31+,32-,34+,35-/m0/s1. The van der Waals surface area contributed by atoms with Gasteiger partial charge >= 0.3 is 0 Å². The van der Waals surface area contributed by atoms with Crippen molar-refractivity contribution in [2.45, 2.75) is 76.2 Å². The fourth-order valence-electron chi connectivity index (χ4n) is 8.71. The van der Waals surface area contributed by atoms with E-state index in [1.807, 2.05) is 6.08 Å². The molecule has 2 aromatic rings. The number of carbonyl (C=O) groups is 1. The summed E-state index contributed by atoms with van der Waals surface area (Å²) in [7, 11) is 4.14. The Morgan fingerprint density at radius 1 is 1.00 bits per heavy atom. The minimum absolute atomic E-state index is 0.129. The third kappa shape index (κ3) is 4.40. The van der Waals surface area contributed by atoms with E-state index in [0.29, 0.717) is 31.1 Å². The van der Waals surface area contributed by atoms with E-state index in [0.717, 1.165) is 38.5 Å². The van der Waals surface area contributed by atoms with Crippen molar-refractivity contribution in [3.05, 3.63) is 76.9 Å². The van der Waals surface area contributed by atoms with Crippen LogP contribution in [0.1, 0.15) is 76.2 Å². The van der Waals surface area contributed by atoms with E-state index in [1.54, 1.807) is 5.57 Å². The summed E-state index contributed by atoms with van der Waals surface area (Å²) in [5, 5.41) is 21.7. The Morgan fingerprint density at radius 2 is 1.79 bits per heavy atom. The maximum absolute atomic E-state index is 12.3. The highest BCUT2D eigenvalue weighted by Gasteiger charge is 2.62. The average Bonchev–Trinajstić information content (AvgIpc) is 3.21. The summed E-state index contributed by atoms with van der Waals surface area (Å²) in [5.41, 5.74) is 8.31. The van der Waals surface area contributed by atoms with Crippen molar-refractivity contribution in [3.63, 3.8) is 0 Å².